The molecule has 2 heterocycles. The number of hydrogen-bond donors (Lipinski definition) is 0. The van der Waals surface area contributed by atoms with E-state index in [0.29, 0.717) is 0 Å². The number of para-hydroxylation sites is 1. The van der Waals surface area contributed by atoms with Gasteiger partial charge in [-0.2, -0.15) is 0 Å². The summed E-state index contributed by atoms with van der Waals surface area (Å²) >= 11 is 0. The number of rotatable bonds is 8. The lowest BCUT2D eigenvalue weighted by Crippen LogP contribution is -2.57. The Labute approximate surface area is 322 Å². The second-order valence-corrected chi connectivity index (χ2v) is 14.1. The Balaban J connectivity index is 1.11. The minimum Gasteiger partial charge on any atom is -0.458 e. The van der Waals surface area contributed by atoms with Gasteiger partial charge < -0.3 is 19.3 Å². The van der Waals surface area contributed by atoms with Gasteiger partial charge in [0, 0.05) is 51.3 Å². The molecule has 0 amide bonds. The molecular formula is C50H37BN2O2. The number of hydrogen-bond acceptors (Lipinski definition) is 4. The molecule has 4 nitrogen and oxygen atoms in total. The average Bonchev–Trinajstić information content (AvgIpc) is 3.24. The van der Waals surface area contributed by atoms with E-state index in [2.05, 4.69) is 181 Å². The van der Waals surface area contributed by atoms with Gasteiger partial charge in [-0.1, -0.05) is 122 Å². The monoisotopic (exact) mass is 708 g/mol. The van der Waals surface area contributed by atoms with Gasteiger partial charge in [0.25, 0.3) is 6.71 Å². The van der Waals surface area contributed by atoms with Gasteiger partial charge in [-0.15, -0.1) is 0 Å². The topological polar surface area (TPSA) is 24.9 Å². The molecule has 0 spiro atoms. The molecule has 0 fully saturated rings. The summed E-state index contributed by atoms with van der Waals surface area (Å²) in [6.45, 7) is 8.20. The van der Waals surface area contributed by atoms with Gasteiger partial charge in [0.05, 0.1) is 11.4 Å². The largest absolute Gasteiger partial charge is 0.458 e. The minimum absolute atomic E-state index is 0.0698. The summed E-state index contributed by atoms with van der Waals surface area (Å²) in [5, 5.41) is 2.37. The van der Waals surface area contributed by atoms with Crippen LogP contribution in [-0.4, -0.2) is 6.71 Å². The molecule has 0 saturated carbocycles. The molecule has 0 aromatic heterocycles. The van der Waals surface area contributed by atoms with E-state index in [4.69, 9.17) is 9.47 Å². The first-order valence-corrected chi connectivity index (χ1v) is 18.8. The molecule has 55 heavy (non-hydrogen) atoms. The number of nitrogens with zero attached hydrogens (tertiary/aromatic N) is 2. The van der Waals surface area contributed by atoms with Crippen LogP contribution in [-0.2, 0) is 0 Å². The summed E-state index contributed by atoms with van der Waals surface area (Å²) in [5.74, 6) is 3.29. The second-order valence-electron chi connectivity index (χ2n) is 14.1. The molecule has 1 aliphatic carbocycles. The Bertz CT molecular complexity index is 2730. The Hall–Kier alpha value is -6.98. The Kier molecular flexibility index (Phi) is 7.99. The minimum atomic E-state index is -0.0698. The van der Waals surface area contributed by atoms with E-state index in [1.54, 1.807) is 0 Å². The number of ether oxygens (including phenoxy) is 2. The highest BCUT2D eigenvalue weighted by molar-refractivity contribution is 6.98. The van der Waals surface area contributed by atoms with Gasteiger partial charge in [0.15, 0.2) is 0 Å². The van der Waals surface area contributed by atoms with Crippen LogP contribution in [0.1, 0.15) is 24.0 Å². The van der Waals surface area contributed by atoms with E-state index in [9.17, 15) is 0 Å². The number of anilines is 5. The summed E-state index contributed by atoms with van der Waals surface area (Å²) in [6.07, 6.45) is 12.6. The van der Waals surface area contributed by atoms with E-state index in [-0.39, 0.29) is 6.71 Å². The van der Waals surface area contributed by atoms with Crippen LogP contribution in [0.5, 0.6) is 23.0 Å². The van der Waals surface area contributed by atoms with Crippen LogP contribution in [0.15, 0.2) is 183 Å². The lowest BCUT2D eigenvalue weighted by atomic mass is 9.35. The smallest absolute Gasteiger partial charge is 0.260 e. The van der Waals surface area contributed by atoms with E-state index < -0.39 is 0 Å². The highest BCUT2D eigenvalue weighted by Crippen LogP contribution is 2.43. The quantitative estimate of drug-likeness (QED) is 0.147. The number of allylic oxidation sites excluding steroid dienone is 3. The first kappa shape index (κ1) is 32.7. The molecule has 0 bridgehead atoms. The van der Waals surface area contributed by atoms with Gasteiger partial charge in [-0.05, 0) is 89.3 Å². The SMILES string of the molecule is C=Cc1cccc(N(C2=CCCC=C2)c2ccc3c(c2)Oc2cccc4c2B3c2ccc(N(c3ccccc3)c3cccc5ccccc35)cc2O4)c1C=C. The zero-order valence-electron chi connectivity index (χ0n) is 30.4. The van der Waals surface area contributed by atoms with Crippen molar-refractivity contribution in [1.82, 2.24) is 0 Å². The first-order valence-electron chi connectivity index (χ1n) is 18.8. The van der Waals surface area contributed by atoms with Crippen LogP contribution in [0.25, 0.3) is 22.9 Å². The summed E-state index contributed by atoms with van der Waals surface area (Å²) in [4.78, 5) is 4.63. The van der Waals surface area contributed by atoms with Crippen molar-refractivity contribution < 1.29 is 9.47 Å². The normalized spacial score (nSPS) is 13.4. The van der Waals surface area contributed by atoms with Gasteiger partial charge in [0.2, 0.25) is 0 Å². The van der Waals surface area contributed by atoms with Crippen LogP contribution in [0.3, 0.4) is 0 Å². The van der Waals surface area contributed by atoms with E-state index >= 15 is 0 Å². The molecule has 10 rings (SSSR count). The van der Waals surface area contributed by atoms with Gasteiger partial charge in [0.1, 0.15) is 23.0 Å². The predicted octanol–water partition coefficient (Wildman–Crippen LogP) is 11.7. The molecule has 7 aromatic carbocycles. The zero-order valence-corrected chi connectivity index (χ0v) is 30.4. The third kappa shape index (κ3) is 5.47. The maximum atomic E-state index is 6.79. The fourth-order valence-corrected chi connectivity index (χ4v) is 8.45. The van der Waals surface area contributed by atoms with Gasteiger partial charge >= 0.3 is 0 Å². The van der Waals surface area contributed by atoms with Crippen molar-refractivity contribution >= 4 is 74.5 Å². The fraction of sp³-hybridized carbons (Fsp3) is 0.0400. The van der Waals surface area contributed by atoms with Crippen molar-refractivity contribution in [1.29, 1.82) is 0 Å². The molecule has 3 aliphatic rings. The van der Waals surface area contributed by atoms with E-state index in [0.717, 1.165) is 97.5 Å². The van der Waals surface area contributed by atoms with Crippen molar-refractivity contribution in [3.63, 3.8) is 0 Å². The Morgan fingerprint density at radius 1 is 0.545 bits per heavy atom. The van der Waals surface area contributed by atoms with Gasteiger partial charge in [-0.3, -0.25) is 0 Å². The average molecular weight is 709 g/mol. The summed E-state index contributed by atoms with van der Waals surface area (Å²) in [7, 11) is 0. The maximum Gasteiger partial charge on any atom is 0.260 e. The summed E-state index contributed by atoms with van der Waals surface area (Å²) in [5.41, 5.74) is 11.7. The molecule has 0 atom stereocenters. The van der Waals surface area contributed by atoms with Crippen molar-refractivity contribution in [2.75, 3.05) is 9.80 Å². The highest BCUT2D eigenvalue weighted by atomic mass is 16.5. The van der Waals surface area contributed by atoms with Crippen LogP contribution < -0.4 is 35.7 Å². The van der Waals surface area contributed by atoms with Crippen molar-refractivity contribution in [3.8, 4) is 23.0 Å². The molecule has 0 radical (unpaired) electrons. The molecule has 2 aliphatic heterocycles. The lowest BCUT2D eigenvalue weighted by Gasteiger charge is -2.35. The molecule has 0 saturated heterocycles. The molecular weight excluding hydrogens is 671 g/mol. The highest BCUT2D eigenvalue weighted by Gasteiger charge is 2.40. The molecule has 0 N–H and O–H groups in total. The van der Waals surface area contributed by atoms with Crippen molar-refractivity contribution in [3.05, 3.63) is 194 Å². The van der Waals surface area contributed by atoms with E-state index in [1.165, 1.54) is 10.8 Å². The Morgan fingerprint density at radius 2 is 1.20 bits per heavy atom. The van der Waals surface area contributed by atoms with Crippen LogP contribution in [0.2, 0.25) is 0 Å². The fourth-order valence-electron chi connectivity index (χ4n) is 8.45. The van der Waals surface area contributed by atoms with Crippen LogP contribution in [0, 0.1) is 0 Å². The standard InChI is InChI=1S/C50H37BN2O2/c1-3-34-17-13-24-44(40(34)4-2)52(36-19-7-5-8-20-36)38-28-30-42-48(32-38)54-46-26-15-27-47-50(46)51(42)43-31-29-39(33-49(43)55-47)53(37-21-9-6-10-22-37)45-25-14-18-35-16-11-12-23-41(35)45/h3-4,6-7,9-33H,1-2,5,8H2. The zero-order chi connectivity index (χ0) is 36.9. The van der Waals surface area contributed by atoms with Crippen LogP contribution in [0.4, 0.5) is 28.4 Å². The molecule has 7 aromatic rings. The predicted molar refractivity (Wildman–Crippen MR) is 232 cm³/mol. The molecule has 262 valence electrons. The lowest BCUT2D eigenvalue weighted by molar-refractivity contribution is 0.464. The second kappa shape index (κ2) is 13.5. The third-order valence-electron chi connectivity index (χ3n) is 10.9. The number of benzene rings is 7. The maximum absolute atomic E-state index is 6.79. The first-order chi connectivity index (χ1) is 27.2. The van der Waals surface area contributed by atoms with Crippen molar-refractivity contribution in [2.24, 2.45) is 0 Å². The van der Waals surface area contributed by atoms with Crippen molar-refractivity contribution in [2.45, 2.75) is 12.8 Å². The van der Waals surface area contributed by atoms with Crippen LogP contribution >= 0.6 is 0 Å². The summed E-state index contributed by atoms with van der Waals surface area (Å²) in [6, 6.07) is 51.3. The number of fused-ring (bicyclic) bond motifs is 5. The third-order valence-corrected chi connectivity index (χ3v) is 10.9. The van der Waals surface area contributed by atoms with E-state index in [1.807, 2.05) is 18.2 Å². The molecule has 5 heteroatoms. The summed E-state index contributed by atoms with van der Waals surface area (Å²) < 4.78 is 13.6. The molecule has 0 unspecified atom stereocenters. The Morgan fingerprint density at radius 3 is 1.91 bits per heavy atom. The van der Waals surface area contributed by atoms with Gasteiger partial charge in [-0.25, -0.2) is 0 Å².